The second-order valence-electron chi connectivity index (χ2n) is 4.75. The van der Waals surface area contributed by atoms with E-state index in [1.165, 1.54) is 0 Å². The molecule has 19 heavy (non-hydrogen) atoms. The number of aryl methyl sites for hydroxylation is 2. The van der Waals surface area contributed by atoms with Crippen LogP contribution in [0.25, 0.3) is 5.95 Å². The number of amides is 1. The van der Waals surface area contributed by atoms with E-state index < -0.39 is 0 Å². The summed E-state index contributed by atoms with van der Waals surface area (Å²) in [6.07, 6.45) is 3.16. The van der Waals surface area contributed by atoms with Gasteiger partial charge in [0.05, 0.1) is 23.8 Å². The van der Waals surface area contributed by atoms with Gasteiger partial charge in [-0.2, -0.15) is 5.10 Å². The predicted molar refractivity (Wildman–Crippen MR) is 72.1 cm³/mol. The van der Waals surface area contributed by atoms with Gasteiger partial charge in [0.1, 0.15) is 0 Å². The third-order valence-electron chi connectivity index (χ3n) is 2.63. The molecule has 100 valence electrons. The van der Waals surface area contributed by atoms with Crippen molar-refractivity contribution in [2.45, 2.75) is 27.7 Å². The van der Waals surface area contributed by atoms with Crippen LogP contribution in [0.4, 0.5) is 5.69 Å². The van der Waals surface area contributed by atoms with Crippen LogP contribution in [-0.4, -0.2) is 25.7 Å². The molecule has 0 unspecified atom stereocenters. The maximum Gasteiger partial charge on any atom is 0.250 e. The first kappa shape index (κ1) is 13.2. The highest BCUT2D eigenvalue weighted by Crippen LogP contribution is 2.10. The Balaban J connectivity index is 2.19. The predicted octanol–water partition coefficient (Wildman–Crippen LogP) is 1.87. The van der Waals surface area contributed by atoms with E-state index in [2.05, 4.69) is 20.4 Å². The fraction of sp³-hybridized carbons (Fsp3) is 0.385. The Morgan fingerprint density at radius 1 is 1.26 bits per heavy atom. The van der Waals surface area contributed by atoms with Crippen molar-refractivity contribution in [2.24, 2.45) is 5.92 Å². The van der Waals surface area contributed by atoms with Crippen LogP contribution < -0.4 is 5.32 Å². The van der Waals surface area contributed by atoms with Gasteiger partial charge in [0.2, 0.25) is 5.91 Å². The van der Waals surface area contributed by atoms with Crippen LogP contribution in [0.1, 0.15) is 25.2 Å². The smallest absolute Gasteiger partial charge is 0.250 e. The molecule has 0 aromatic carbocycles. The molecule has 1 amide bonds. The van der Waals surface area contributed by atoms with Gasteiger partial charge in [-0.05, 0) is 19.9 Å². The average molecular weight is 259 g/mol. The second kappa shape index (κ2) is 5.17. The van der Waals surface area contributed by atoms with Gasteiger partial charge in [0, 0.05) is 11.6 Å². The van der Waals surface area contributed by atoms with Gasteiger partial charge < -0.3 is 5.32 Å². The molecule has 0 bridgehead atoms. The highest BCUT2D eigenvalue weighted by atomic mass is 16.1. The normalized spacial score (nSPS) is 10.8. The zero-order valence-electron chi connectivity index (χ0n) is 11.5. The zero-order chi connectivity index (χ0) is 14.0. The molecule has 2 aromatic rings. The van der Waals surface area contributed by atoms with E-state index >= 15 is 0 Å². The van der Waals surface area contributed by atoms with E-state index in [9.17, 15) is 4.79 Å². The molecule has 6 nitrogen and oxygen atoms in total. The van der Waals surface area contributed by atoms with Crippen molar-refractivity contribution in [3.05, 3.63) is 29.8 Å². The molecule has 0 fully saturated rings. The van der Waals surface area contributed by atoms with E-state index in [0.29, 0.717) is 11.6 Å². The van der Waals surface area contributed by atoms with Crippen LogP contribution in [0.5, 0.6) is 0 Å². The van der Waals surface area contributed by atoms with Crippen LogP contribution in [0, 0.1) is 19.8 Å². The lowest BCUT2D eigenvalue weighted by atomic mass is 10.2. The van der Waals surface area contributed by atoms with Crippen molar-refractivity contribution >= 4 is 11.6 Å². The summed E-state index contributed by atoms with van der Waals surface area (Å²) >= 11 is 0. The van der Waals surface area contributed by atoms with Crippen molar-refractivity contribution in [3.8, 4) is 5.95 Å². The first-order chi connectivity index (χ1) is 8.97. The van der Waals surface area contributed by atoms with E-state index in [4.69, 9.17) is 0 Å². The monoisotopic (exact) mass is 259 g/mol. The zero-order valence-corrected chi connectivity index (χ0v) is 11.5. The lowest BCUT2D eigenvalue weighted by molar-refractivity contribution is -0.118. The van der Waals surface area contributed by atoms with Crippen molar-refractivity contribution in [1.82, 2.24) is 19.7 Å². The number of rotatable bonds is 3. The quantitative estimate of drug-likeness (QED) is 0.913. The van der Waals surface area contributed by atoms with Crippen molar-refractivity contribution in [2.75, 3.05) is 5.32 Å². The maximum absolute atomic E-state index is 11.5. The first-order valence-electron chi connectivity index (χ1n) is 6.14. The molecular weight excluding hydrogens is 242 g/mol. The summed E-state index contributed by atoms with van der Waals surface area (Å²) in [5.41, 5.74) is 2.47. The van der Waals surface area contributed by atoms with Crippen molar-refractivity contribution in [1.29, 1.82) is 0 Å². The SMILES string of the molecule is Cc1cc(C)n(-c2ncc(NC(=O)C(C)C)cn2)n1. The van der Waals surface area contributed by atoms with Gasteiger partial charge in [0.25, 0.3) is 5.95 Å². The third kappa shape index (κ3) is 2.96. The van der Waals surface area contributed by atoms with E-state index in [0.717, 1.165) is 11.4 Å². The van der Waals surface area contributed by atoms with Crippen LogP contribution >= 0.6 is 0 Å². The number of hydrogen-bond acceptors (Lipinski definition) is 4. The van der Waals surface area contributed by atoms with Crippen LogP contribution in [0.15, 0.2) is 18.5 Å². The molecule has 6 heteroatoms. The number of aromatic nitrogens is 4. The standard InChI is InChI=1S/C13H17N5O/c1-8(2)12(19)16-11-6-14-13(15-7-11)18-10(4)5-9(3)17-18/h5-8H,1-4H3,(H,16,19). The molecule has 0 spiro atoms. The minimum Gasteiger partial charge on any atom is -0.323 e. The summed E-state index contributed by atoms with van der Waals surface area (Å²) in [7, 11) is 0. The van der Waals surface area contributed by atoms with Crippen molar-refractivity contribution in [3.63, 3.8) is 0 Å². The summed E-state index contributed by atoms with van der Waals surface area (Å²) in [4.78, 5) is 20.0. The molecule has 0 saturated carbocycles. The van der Waals surface area contributed by atoms with Crippen molar-refractivity contribution < 1.29 is 4.79 Å². The van der Waals surface area contributed by atoms with Gasteiger partial charge >= 0.3 is 0 Å². The maximum atomic E-state index is 11.5. The number of carbonyl (C=O) groups excluding carboxylic acids is 1. The Morgan fingerprint density at radius 3 is 2.37 bits per heavy atom. The molecule has 0 aliphatic rings. The fourth-order valence-corrected chi connectivity index (χ4v) is 1.61. The Kier molecular flexibility index (Phi) is 3.59. The van der Waals surface area contributed by atoms with Gasteiger partial charge in [-0.25, -0.2) is 14.6 Å². The highest BCUT2D eigenvalue weighted by molar-refractivity contribution is 5.91. The lowest BCUT2D eigenvalue weighted by Crippen LogP contribution is -2.18. The topological polar surface area (TPSA) is 72.7 Å². The molecule has 1 N–H and O–H groups in total. The molecule has 0 saturated heterocycles. The minimum atomic E-state index is -0.0734. The number of nitrogens with one attached hydrogen (secondary N) is 1. The number of nitrogens with zero attached hydrogens (tertiary/aromatic N) is 4. The number of anilines is 1. The molecule has 0 aliphatic heterocycles. The van der Waals surface area contributed by atoms with Gasteiger partial charge in [-0.1, -0.05) is 13.8 Å². The van der Waals surface area contributed by atoms with E-state index in [1.807, 2.05) is 33.8 Å². The molecule has 0 aliphatic carbocycles. The fourth-order valence-electron chi connectivity index (χ4n) is 1.61. The van der Waals surface area contributed by atoms with Crippen LogP contribution in [0.2, 0.25) is 0 Å². The van der Waals surface area contributed by atoms with E-state index in [1.54, 1.807) is 17.1 Å². The second-order valence-corrected chi connectivity index (χ2v) is 4.75. The van der Waals surface area contributed by atoms with Gasteiger partial charge in [-0.3, -0.25) is 4.79 Å². The Bertz CT molecular complexity index is 586. The number of hydrogen-bond donors (Lipinski definition) is 1. The summed E-state index contributed by atoms with van der Waals surface area (Å²) < 4.78 is 1.67. The molecule has 0 atom stereocenters. The lowest BCUT2D eigenvalue weighted by Gasteiger charge is -2.07. The Morgan fingerprint density at radius 2 is 1.89 bits per heavy atom. The Hall–Kier alpha value is -2.24. The summed E-state index contributed by atoms with van der Waals surface area (Å²) in [5, 5.41) is 7.05. The van der Waals surface area contributed by atoms with Crippen LogP contribution in [-0.2, 0) is 4.79 Å². The average Bonchev–Trinajstić information content (AvgIpc) is 2.69. The summed E-state index contributed by atoms with van der Waals surface area (Å²) in [6, 6.07) is 1.96. The highest BCUT2D eigenvalue weighted by Gasteiger charge is 2.09. The van der Waals surface area contributed by atoms with Crippen LogP contribution in [0.3, 0.4) is 0 Å². The largest absolute Gasteiger partial charge is 0.323 e. The van der Waals surface area contributed by atoms with E-state index in [-0.39, 0.29) is 11.8 Å². The third-order valence-corrected chi connectivity index (χ3v) is 2.63. The molecular formula is C13H17N5O. The summed E-state index contributed by atoms with van der Waals surface area (Å²) in [5.74, 6) is 0.367. The van der Waals surface area contributed by atoms with Gasteiger partial charge in [-0.15, -0.1) is 0 Å². The molecule has 2 rings (SSSR count). The minimum absolute atomic E-state index is 0.0533. The molecule has 0 radical (unpaired) electrons. The molecule has 2 heterocycles. The molecule has 2 aromatic heterocycles. The van der Waals surface area contributed by atoms with Gasteiger partial charge in [0.15, 0.2) is 0 Å². The number of carbonyl (C=O) groups is 1. The first-order valence-corrected chi connectivity index (χ1v) is 6.14. The Labute approximate surface area is 111 Å². The summed E-state index contributed by atoms with van der Waals surface area (Å²) in [6.45, 7) is 7.53.